The van der Waals surface area contributed by atoms with Gasteiger partial charge in [0.1, 0.15) is 11.5 Å². The number of carboxylic acid groups (broad SMARTS) is 1. The summed E-state index contributed by atoms with van der Waals surface area (Å²) in [6, 6.07) is 5.69. The van der Waals surface area contributed by atoms with Gasteiger partial charge < -0.3 is 20.8 Å². The third kappa shape index (κ3) is 4.38. The second kappa shape index (κ2) is 7.96. The van der Waals surface area contributed by atoms with Gasteiger partial charge in [-0.05, 0) is 49.1 Å². The number of hydrogen-bond donors (Lipinski definition) is 5. The molecular weight excluding hydrogens is 360 g/mol. The molecule has 8 heteroatoms. The number of nitrogens with one attached hydrogen (secondary N) is 3. The minimum atomic E-state index is -1.30. The molecule has 8 nitrogen and oxygen atoms in total. The van der Waals surface area contributed by atoms with Gasteiger partial charge in [-0.25, -0.2) is 4.79 Å². The Hall–Kier alpha value is -3.60. The summed E-state index contributed by atoms with van der Waals surface area (Å²) in [6.07, 6.45) is 5.89. The van der Waals surface area contributed by atoms with Gasteiger partial charge >= 0.3 is 5.97 Å². The zero-order valence-electron chi connectivity index (χ0n) is 15.0. The lowest BCUT2D eigenvalue weighted by Gasteiger charge is -2.23. The van der Waals surface area contributed by atoms with Crippen molar-refractivity contribution in [3.63, 3.8) is 0 Å². The maximum absolute atomic E-state index is 12.5. The number of anilines is 1. The van der Waals surface area contributed by atoms with Crippen LogP contribution >= 0.6 is 0 Å². The van der Waals surface area contributed by atoms with E-state index in [9.17, 15) is 19.8 Å². The Kier molecular flexibility index (Phi) is 5.45. The first-order valence-electron chi connectivity index (χ1n) is 8.90. The Labute approximate surface area is 161 Å². The molecule has 1 fully saturated rings. The Morgan fingerprint density at radius 3 is 2.68 bits per heavy atom. The molecule has 0 bridgehead atoms. The number of allylic oxidation sites excluding steroid dienone is 4. The third-order valence-electron chi connectivity index (χ3n) is 4.77. The average molecular weight is 380 g/mol. The molecule has 0 spiro atoms. The molecule has 0 aromatic heterocycles. The smallest absolute Gasteiger partial charge is 0.337 e. The van der Waals surface area contributed by atoms with Crippen LogP contribution < -0.4 is 10.6 Å². The minimum absolute atomic E-state index is 0.0110. The summed E-state index contributed by atoms with van der Waals surface area (Å²) in [5, 5.41) is 42.2. The van der Waals surface area contributed by atoms with Crippen molar-refractivity contribution < 1.29 is 19.8 Å². The predicted octanol–water partition coefficient (Wildman–Crippen LogP) is 2.56. The molecule has 1 aromatic carbocycles. The fourth-order valence-electron chi connectivity index (χ4n) is 2.92. The van der Waals surface area contributed by atoms with E-state index in [2.05, 4.69) is 10.6 Å². The van der Waals surface area contributed by atoms with Gasteiger partial charge in [0.2, 0.25) is 0 Å². The fraction of sp³-hybridized carbons (Fsp3) is 0.300. The van der Waals surface area contributed by atoms with Crippen LogP contribution in [0.1, 0.15) is 35.2 Å². The van der Waals surface area contributed by atoms with Crippen molar-refractivity contribution >= 4 is 23.3 Å². The summed E-state index contributed by atoms with van der Waals surface area (Å²) in [6.45, 7) is 0.833. The average Bonchev–Trinajstić information content (AvgIpc) is 3.51. The molecule has 144 valence electrons. The molecule has 3 rings (SSSR count). The van der Waals surface area contributed by atoms with Crippen molar-refractivity contribution in [1.82, 2.24) is 5.32 Å². The number of aromatic carboxylic acids is 1. The van der Waals surface area contributed by atoms with Crippen LogP contribution in [0.4, 0.5) is 5.69 Å². The number of nitriles is 1. The van der Waals surface area contributed by atoms with Crippen molar-refractivity contribution in [1.29, 1.82) is 10.7 Å². The highest BCUT2D eigenvalue weighted by atomic mass is 16.4. The van der Waals surface area contributed by atoms with E-state index < -0.39 is 17.8 Å². The Balaban J connectivity index is 1.70. The molecule has 2 aliphatic rings. The minimum Gasteiger partial charge on any atom is -0.512 e. The van der Waals surface area contributed by atoms with Crippen LogP contribution in [0.25, 0.3) is 0 Å². The quantitative estimate of drug-likeness (QED) is 0.459. The topological polar surface area (TPSA) is 146 Å². The Morgan fingerprint density at radius 1 is 1.29 bits per heavy atom. The van der Waals surface area contributed by atoms with Crippen LogP contribution in [0.2, 0.25) is 0 Å². The number of rotatable bonds is 7. The van der Waals surface area contributed by atoms with Gasteiger partial charge in [-0.15, -0.1) is 0 Å². The van der Waals surface area contributed by atoms with E-state index in [1.165, 1.54) is 31.1 Å². The fourth-order valence-corrected chi connectivity index (χ4v) is 2.92. The van der Waals surface area contributed by atoms with E-state index in [0.29, 0.717) is 12.3 Å². The van der Waals surface area contributed by atoms with Crippen LogP contribution in [0.3, 0.4) is 0 Å². The number of hydrogen-bond acceptors (Lipinski definition) is 6. The van der Waals surface area contributed by atoms with E-state index in [1.54, 1.807) is 6.08 Å². The van der Waals surface area contributed by atoms with Gasteiger partial charge in [0, 0.05) is 18.7 Å². The van der Waals surface area contributed by atoms with Crippen LogP contribution in [0.15, 0.2) is 41.8 Å². The molecular formula is C20H20N4O4. The molecule has 1 unspecified atom stereocenters. The first-order chi connectivity index (χ1) is 13.4. The SMILES string of the molecule is N#Cc1ccc(NC(=O)C(=N)C2CC(NCC3CC3)=CC=C2O)c(C(=O)O)c1. The summed E-state index contributed by atoms with van der Waals surface area (Å²) < 4.78 is 0. The molecule has 0 saturated heterocycles. The van der Waals surface area contributed by atoms with Crippen molar-refractivity contribution in [2.45, 2.75) is 19.3 Å². The van der Waals surface area contributed by atoms with Crippen molar-refractivity contribution in [2.75, 3.05) is 11.9 Å². The van der Waals surface area contributed by atoms with Crippen molar-refractivity contribution in [2.24, 2.45) is 11.8 Å². The number of amides is 1. The molecule has 1 aromatic rings. The molecule has 0 radical (unpaired) electrons. The summed E-state index contributed by atoms with van der Waals surface area (Å²) in [7, 11) is 0. The number of carbonyl (C=O) groups is 2. The summed E-state index contributed by atoms with van der Waals surface area (Å²) in [5.41, 5.74) is 0.374. The first-order valence-corrected chi connectivity index (χ1v) is 8.90. The maximum atomic E-state index is 12.5. The van der Waals surface area contributed by atoms with E-state index in [4.69, 9.17) is 10.7 Å². The van der Waals surface area contributed by atoms with Gasteiger partial charge in [0.25, 0.3) is 5.91 Å². The molecule has 0 aliphatic heterocycles. The predicted molar refractivity (Wildman–Crippen MR) is 102 cm³/mol. The number of aliphatic hydroxyl groups is 1. The van der Waals surface area contributed by atoms with Gasteiger partial charge in [-0.3, -0.25) is 10.2 Å². The highest BCUT2D eigenvalue weighted by Gasteiger charge is 2.29. The van der Waals surface area contributed by atoms with Gasteiger partial charge in [-0.1, -0.05) is 0 Å². The molecule has 0 heterocycles. The lowest BCUT2D eigenvalue weighted by Crippen LogP contribution is -2.33. The van der Waals surface area contributed by atoms with Crippen LogP contribution in [-0.2, 0) is 4.79 Å². The highest BCUT2D eigenvalue weighted by molar-refractivity contribution is 6.43. The third-order valence-corrected chi connectivity index (χ3v) is 4.77. The number of aliphatic hydroxyl groups excluding tert-OH is 1. The van der Waals surface area contributed by atoms with Gasteiger partial charge in [0.05, 0.1) is 28.8 Å². The van der Waals surface area contributed by atoms with E-state index in [1.807, 2.05) is 6.07 Å². The molecule has 5 N–H and O–H groups in total. The van der Waals surface area contributed by atoms with Crippen LogP contribution in [0.5, 0.6) is 0 Å². The maximum Gasteiger partial charge on any atom is 0.337 e. The van der Waals surface area contributed by atoms with Crippen LogP contribution in [-0.4, -0.2) is 34.3 Å². The first kappa shape index (κ1) is 19.2. The molecule has 2 aliphatic carbocycles. The molecule has 28 heavy (non-hydrogen) atoms. The number of carbonyl (C=O) groups excluding carboxylic acids is 1. The largest absolute Gasteiger partial charge is 0.512 e. The van der Waals surface area contributed by atoms with Crippen LogP contribution in [0, 0.1) is 28.6 Å². The second-order valence-electron chi connectivity index (χ2n) is 6.91. The zero-order chi connectivity index (χ0) is 20.3. The summed E-state index contributed by atoms with van der Waals surface area (Å²) >= 11 is 0. The molecule has 1 atom stereocenters. The number of nitrogens with zero attached hydrogens (tertiary/aromatic N) is 1. The molecule has 1 amide bonds. The van der Waals surface area contributed by atoms with Gasteiger partial charge in [0.15, 0.2) is 0 Å². The van der Waals surface area contributed by atoms with E-state index in [0.717, 1.165) is 18.3 Å². The van der Waals surface area contributed by atoms with E-state index in [-0.39, 0.29) is 28.3 Å². The monoisotopic (exact) mass is 380 g/mol. The van der Waals surface area contributed by atoms with E-state index >= 15 is 0 Å². The number of benzene rings is 1. The second-order valence-corrected chi connectivity index (χ2v) is 6.91. The standard InChI is InChI=1S/C20H20N4O4/c21-9-12-3-5-16(14(7-12)20(27)28)24-19(26)18(22)15-8-13(4-6-17(15)25)23-10-11-1-2-11/h3-7,11,15,22-23,25H,1-2,8,10H2,(H,24,26)(H,27,28). The highest BCUT2D eigenvalue weighted by Crippen LogP contribution is 2.29. The summed E-state index contributed by atoms with van der Waals surface area (Å²) in [4.78, 5) is 23.9. The number of carboxylic acids is 1. The van der Waals surface area contributed by atoms with Crippen molar-refractivity contribution in [3.05, 3.63) is 52.9 Å². The molecule has 1 saturated carbocycles. The summed E-state index contributed by atoms with van der Waals surface area (Å²) in [5.74, 6) is -2.34. The normalized spacial score (nSPS) is 18.3. The zero-order valence-corrected chi connectivity index (χ0v) is 15.0. The lowest BCUT2D eigenvalue weighted by molar-refractivity contribution is -0.110. The Morgan fingerprint density at radius 2 is 2.04 bits per heavy atom. The Bertz CT molecular complexity index is 938. The van der Waals surface area contributed by atoms with Gasteiger partial charge in [-0.2, -0.15) is 5.26 Å². The lowest BCUT2D eigenvalue weighted by atomic mass is 9.90. The van der Waals surface area contributed by atoms with Crippen molar-refractivity contribution in [3.8, 4) is 6.07 Å².